The van der Waals surface area contributed by atoms with Gasteiger partial charge in [-0.2, -0.15) is 0 Å². The normalized spacial score (nSPS) is 11.2. The first-order chi connectivity index (χ1) is 12.7. The van der Waals surface area contributed by atoms with Crippen LogP contribution in [0.2, 0.25) is 5.02 Å². The van der Waals surface area contributed by atoms with Crippen molar-refractivity contribution in [2.75, 3.05) is 6.54 Å². The maximum absolute atomic E-state index is 12.5. The lowest BCUT2D eigenvalue weighted by atomic mass is 9.80. The Morgan fingerprint density at radius 2 is 1.35 bits per heavy atom. The van der Waals surface area contributed by atoms with Gasteiger partial charge in [0.2, 0.25) is 0 Å². The van der Waals surface area contributed by atoms with Crippen molar-refractivity contribution in [1.29, 1.82) is 0 Å². The third-order valence-corrected chi connectivity index (χ3v) is 4.56. The summed E-state index contributed by atoms with van der Waals surface area (Å²) in [5, 5.41) is 0.528. The third kappa shape index (κ3) is 3.50. The summed E-state index contributed by atoms with van der Waals surface area (Å²) in [4.78, 5) is 12.5. The molecule has 132 valence electrons. The van der Waals surface area contributed by atoms with E-state index in [0.29, 0.717) is 10.6 Å². The molecule has 0 aliphatic heterocycles. The zero-order valence-corrected chi connectivity index (χ0v) is 15.0. The molecule has 0 radical (unpaired) electrons. The molecule has 0 aliphatic carbocycles. The molecule has 0 unspecified atom stereocenters. The minimum Gasteiger partial charge on any atom is -0.444 e. The molecule has 3 aromatic rings. The molecular weight excluding hydrogens is 346 g/mol. The molecule has 4 heteroatoms. The van der Waals surface area contributed by atoms with E-state index in [1.807, 2.05) is 78.9 Å². The van der Waals surface area contributed by atoms with Gasteiger partial charge >= 0.3 is 5.97 Å². The molecule has 0 aliphatic rings. The fourth-order valence-corrected chi connectivity index (χ4v) is 3.35. The minimum absolute atomic E-state index is 0.131. The van der Waals surface area contributed by atoms with Gasteiger partial charge in [0.25, 0.3) is 0 Å². The lowest BCUT2D eigenvalue weighted by Gasteiger charge is -2.35. The Bertz CT molecular complexity index is 826. The van der Waals surface area contributed by atoms with Crippen molar-refractivity contribution in [1.82, 2.24) is 0 Å². The minimum atomic E-state index is -1.15. The van der Waals surface area contributed by atoms with E-state index in [4.69, 9.17) is 22.1 Å². The van der Waals surface area contributed by atoms with E-state index in [2.05, 4.69) is 0 Å². The van der Waals surface area contributed by atoms with Gasteiger partial charge in [-0.05, 0) is 6.07 Å². The molecule has 0 aromatic heterocycles. The highest BCUT2D eigenvalue weighted by Gasteiger charge is 2.41. The number of benzene rings is 3. The number of esters is 1. The molecule has 26 heavy (non-hydrogen) atoms. The van der Waals surface area contributed by atoms with Crippen LogP contribution in [0.15, 0.2) is 84.9 Å². The van der Waals surface area contributed by atoms with Crippen LogP contribution in [0.1, 0.15) is 23.1 Å². The van der Waals surface area contributed by atoms with Gasteiger partial charge in [0, 0.05) is 28.3 Å². The van der Waals surface area contributed by atoms with Gasteiger partial charge in [-0.15, -0.1) is 0 Å². The van der Waals surface area contributed by atoms with Gasteiger partial charge in [-0.25, -0.2) is 0 Å². The monoisotopic (exact) mass is 365 g/mol. The van der Waals surface area contributed by atoms with Gasteiger partial charge < -0.3 is 10.5 Å². The molecule has 0 saturated carbocycles. The molecule has 0 saturated heterocycles. The van der Waals surface area contributed by atoms with Gasteiger partial charge in [-0.3, -0.25) is 4.79 Å². The smallest absolute Gasteiger partial charge is 0.308 e. The van der Waals surface area contributed by atoms with Crippen LogP contribution in [-0.4, -0.2) is 12.5 Å². The molecule has 0 amide bonds. The predicted octanol–water partition coefficient (Wildman–Crippen LogP) is 4.52. The fraction of sp³-hybridized carbons (Fsp3) is 0.136. The van der Waals surface area contributed by atoms with E-state index in [1.165, 1.54) is 0 Å². The Balaban J connectivity index is 2.31. The van der Waals surface area contributed by atoms with Crippen molar-refractivity contribution in [3.8, 4) is 0 Å². The zero-order valence-electron chi connectivity index (χ0n) is 14.3. The van der Waals surface area contributed by atoms with Crippen molar-refractivity contribution >= 4 is 17.6 Å². The Morgan fingerprint density at radius 3 is 1.85 bits per heavy atom. The van der Waals surface area contributed by atoms with Crippen LogP contribution in [0, 0.1) is 0 Å². The van der Waals surface area contributed by atoms with Crippen molar-refractivity contribution in [2.24, 2.45) is 5.73 Å². The molecule has 0 atom stereocenters. The van der Waals surface area contributed by atoms with E-state index in [0.717, 1.165) is 11.1 Å². The molecule has 2 N–H and O–H groups in total. The second kappa shape index (κ2) is 8.17. The number of rotatable bonds is 6. The van der Waals surface area contributed by atoms with Crippen LogP contribution in [0.25, 0.3) is 0 Å². The zero-order chi connectivity index (χ0) is 18.4. The fourth-order valence-electron chi connectivity index (χ4n) is 3.08. The lowest BCUT2D eigenvalue weighted by Crippen LogP contribution is -2.36. The highest BCUT2D eigenvalue weighted by atomic mass is 35.5. The number of nitrogens with two attached hydrogens (primary N) is 1. The summed E-state index contributed by atoms with van der Waals surface area (Å²) in [6.45, 7) is 0.223. The molecule has 0 fully saturated rings. The van der Waals surface area contributed by atoms with Crippen molar-refractivity contribution in [3.05, 3.63) is 107 Å². The van der Waals surface area contributed by atoms with E-state index in [-0.39, 0.29) is 18.9 Å². The lowest BCUT2D eigenvalue weighted by molar-refractivity contribution is -0.153. The SMILES string of the molecule is NCCC(=O)OC(c1ccccc1)(c1ccccc1)c1ccccc1Cl. The van der Waals surface area contributed by atoms with Gasteiger partial charge in [0.15, 0.2) is 5.60 Å². The summed E-state index contributed by atoms with van der Waals surface area (Å²) in [6, 6.07) is 26.7. The van der Waals surface area contributed by atoms with E-state index >= 15 is 0 Å². The Morgan fingerprint density at radius 1 is 0.846 bits per heavy atom. The first-order valence-corrected chi connectivity index (χ1v) is 8.84. The average Bonchev–Trinajstić information content (AvgIpc) is 2.68. The molecule has 3 nitrogen and oxygen atoms in total. The molecule has 0 heterocycles. The molecule has 0 spiro atoms. The van der Waals surface area contributed by atoms with Crippen LogP contribution in [-0.2, 0) is 15.1 Å². The Labute approximate surface area is 158 Å². The average molecular weight is 366 g/mol. The molecule has 0 bridgehead atoms. The summed E-state index contributed by atoms with van der Waals surface area (Å²) < 4.78 is 6.11. The highest BCUT2D eigenvalue weighted by molar-refractivity contribution is 6.31. The predicted molar refractivity (Wildman–Crippen MR) is 104 cm³/mol. The van der Waals surface area contributed by atoms with Crippen LogP contribution in [0.3, 0.4) is 0 Å². The molecule has 3 rings (SSSR count). The van der Waals surface area contributed by atoms with Gasteiger partial charge in [0.1, 0.15) is 0 Å². The maximum atomic E-state index is 12.5. The third-order valence-electron chi connectivity index (χ3n) is 4.23. The first-order valence-electron chi connectivity index (χ1n) is 8.46. The number of halogens is 1. The van der Waals surface area contributed by atoms with E-state index < -0.39 is 5.60 Å². The second-order valence-electron chi connectivity index (χ2n) is 5.91. The number of hydrogen-bond donors (Lipinski definition) is 1. The number of carbonyl (C=O) groups is 1. The van der Waals surface area contributed by atoms with Gasteiger partial charge in [-0.1, -0.05) is 90.5 Å². The van der Waals surface area contributed by atoms with Crippen LogP contribution in [0.4, 0.5) is 0 Å². The maximum Gasteiger partial charge on any atom is 0.308 e. The highest BCUT2D eigenvalue weighted by Crippen LogP contribution is 2.43. The summed E-state index contributed by atoms with van der Waals surface area (Å²) in [6.07, 6.45) is 0.131. The van der Waals surface area contributed by atoms with Crippen molar-refractivity contribution < 1.29 is 9.53 Å². The first kappa shape index (κ1) is 18.2. The van der Waals surface area contributed by atoms with E-state index in [1.54, 1.807) is 6.07 Å². The largest absolute Gasteiger partial charge is 0.444 e. The molecular formula is C22H20ClNO2. The summed E-state index contributed by atoms with van der Waals surface area (Å²) in [7, 11) is 0. The Hall–Kier alpha value is -2.62. The number of carbonyl (C=O) groups excluding carboxylic acids is 1. The summed E-state index contributed by atoms with van der Waals surface area (Å²) >= 11 is 6.55. The van der Waals surface area contributed by atoms with Crippen molar-refractivity contribution in [2.45, 2.75) is 12.0 Å². The van der Waals surface area contributed by atoms with Crippen LogP contribution < -0.4 is 5.73 Å². The topological polar surface area (TPSA) is 52.3 Å². The van der Waals surface area contributed by atoms with Gasteiger partial charge in [0.05, 0.1) is 6.42 Å². The quantitative estimate of drug-likeness (QED) is 0.516. The second-order valence-corrected chi connectivity index (χ2v) is 6.31. The standard InChI is InChI=1S/C22H20ClNO2/c23-20-14-8-7-13-19(20)22(26-21(25)15-16-24,17-9-3-1-4-10-17)18-11-5-2-6-12-18/h1-14H,15-16,24H2. The Kier molecular flexibility index (Phi) is 5.71. The number of hydrogen-bond acceptors (Lipinski definition) is 3. The van der Waals surface area contributed by atoms with Crippen LogP contribution in [0.5, 0.6) is 0 Å². The summed E-state index contributed by atoms with van der Waals surface area (Å²) in [5.41, 5.74) is 6.78. The molecule has 3 aromatic carbocycles. The van der Waals surface area contributed by atoms with E-state index in [9.17, 15) is 4.79 Å². The van der Waals surface area contributed by atoms with Crippen molar-refractivity contribution in [3.63, 3.8) is 0 Å². The number of ether oxygens (including phenoxy) is 1. The van der Waals surface area contributed by atoms with Crippen LogP contribution >= 0.6 is 11.6 Å². The summed E-state index contributed by atoms with van der Waals surface area (Å²) in [5.74, 6) is -0.375.